The van der Waals surface area contributed by atoms with Crippen molar-refractivity contribution < 1.29 is 4.79 Å². The minimum absolute atomic E-state index is 0. The van der Waals surface area contributed by atoms with Crippen LogP contribution in [0.3, 0.4) is 0 Å². The van der Waals surface area contributed by atoms with Crippen molar-refractivity contribution in [2.45, 2.75) is 56.7 Å². The lowest BCUT2D eigenvalue weighted by molar-refractivity contribution is -0.126. The number of aliphatic imine (C=N–C) groups is 1. The number of halogens is 1. The number of carbonyl (C=O) groups is 1. The van der Waals surface area contributed by atoms with E-state index in [1.165, 1.54) is 0 Å². The summed E-state index contributed by atoms with van der Waals surface area (Å²) in [7, 11) is 6.20. The molecule has 0 radical (unpaired) electrons. The van der Waals surface area contributed by atoms with E-state index in [0.717, 1.165) is 70.7 Å². The first-order valence-corrected chi connectivity index (χ1v) is 10.2. The number of hydrogen-bond donors (Lipinski definition) is 3. The third-order valence-corrected chi connectivity index (χ3v) is 6.02. The van der Waals surface area contributed by atoms with Gasteiger partial charge in [0.15, 0.2) is 5.96 Å². The van der Waals surface area contributed by atoms with Crippen LogP contribution in [0, 0.1) is 5.92 Å². The molecule has 2 saturated carbocycles. The van der Waals surface area contributed by atoms with Gasteiger partial charge in [0.05, 0.1) is 0 Å². The normalized spacial score (nSPS) is 30.3. The molecule has 1 heterocycles. The van der Waals surface area contributed by atoms with Crippen LogP contribution in [0.5, 0.6) is 0 Å². The molecule has 3 atom stereocenters. The number of guanidine groups is 1. The lowest BCUT2D eigenvalue weighted by Gasteiger charge is -2.38. The van der Waals surface area contributed by atoms with Crippen molar-refractivity contribution in [1.82, 2.24) is 25.8 Å². The molecule has 156 valence electrons. The van der Waals surface area contributed by atoms with E-state index < -0.39 is 0 Å². The molecule has 1 saturated heterocycles. The minimum Gasteiger partial charge on any atom is -0.355 e. The van der Waals surface area contributed by atoms with Gasteiger partial charge in [0.1, 0.15) is 0 Å². The zero-order chi connectivity index (χ0) is 18.5. The Morgan fingerprint density at radius 3 is 2.56 bits per heavy atom. The Kier molecular flexibility index (Phi) is 9.07. The van der Waals surface area contributed by atoms with Crippen LogP contribution in [0.4, 0.5) is 0 Å². The van der Waals surface area contributed by atoms with E-state index in [0.29, 0.717) is 18.1 Å². The summed E-state index contributed by atoms with van der Waals surface area (Å²) in [6, 6.07) is 1.28. The Morgan fingerprint density at radius 1 is 1.07 bits per heavy atom. The Hall–Kier alpha value is -0.610. The lowest BCUT2D eigenvalue weighted by atomic mass is 9.85. The maximum absolute atomic E-state index is 12.4. The molecule has 0 bridgehead atoms. The zero-order valence-corrected chi connectivity index (χ0v) is 19.4. The third kappa shape index (κ3) is 7.05. The second-order valence-electron chi connectivity index (χ2n) is 8.34. The molecule has 7 nitrogen and oxygen atoms in total. The van der Waals surface area contributed by atoms with E-state index in [1.807, 2.05) is 7.05 Å². The Bertz CT molecular complexity index is 512. The van der Waals surface area contributed by atoms with Gasteiger partial charge in [0.2, 0.25) is 5.91 Å². The molecule has 0 aromatic carbocycles. The highest BCUT2D eigenvalue weighted by Gasteiger charge is 2.31. The molecule has 27 heavy (non-hydrogen) atoms. The summed E-state index contributed by atoms with van der Waals surface area (Å²) in [4.78, 5) is 21.6. The van der Waals surface area contributed by atoms with Gasteiger partial charge in [0.25, 0.3) is 0 Å². The maximum Gasteiger partial charge on any atom is 0.223 e. The first-order valence-electron chi connectivity index (χ1n) is 10.2. The van der Waals surface area contributed by atoms with Crippen molar-refractivity contribution in [1.29, 1.82) is 0 Å². The molecule has 1 amide bonds. The molecule has 0 aromatic rings. The number of piperazine rings is 1. The smallest absolute Gasteiger partial charge is 0.223 e. The molecule has 0 aromatic heterocycles. The van der Waals surface area contributed by atoms with Gasteiger partial charge in [-0.25, -0.2) is 0 Å². The van der Waals surface area contributed by atoms with E-state index in [9.17, 15) is 4.79 Å². The van der Waals surface area contributed by atoms with Crippen molar-refractivity contribution in [2.75, 3.05) is 47.3 Å². The number of likely N-dealkylation sites (N-methyl/N-ethyl adjacent to an activating group) is 2. The van der Waals surface area contributed by atoms with Crippen LogP contribution in [-0.4, -0.2) is 87.1 Å². The molecule has 3 unspecified atom stereocenters. The Labute approximate surface area is 181 Å². The monoisotopic (exact) mass is 492 g/mol. The number of carbonyl (C=O) groups excluding carboxylic acids is 1. The zero-order valence-electron chi connectivity index (χ0n) is 17.0. The molecular weight excluding hydrogens is 455 g/mol. The number of rotatable bonds is 5. The van der Waals surface area contributed by atoms with Crippen LogP contribution >= 0.6 is 24.0 Å². The first-order chi connectivity index (χ1) is 12.5. The predicted molar refractivity (Wildman–Crippen MR) is 121 cm³/mol. The molecule has 3 aliphatic rings. The molecule has 3 fully saturated rings. The molecule has 2 aliphatic carbocycles. The van der Waals surface area contributed by atoms with Gasteiger partial charge < -0.3 is 20.9 Å². The number of nitrogens with one attached hydrogen (secondary N) is 3. The second-order valence-corrected chi connectivity index (χ2v) is 8.34. The summed E-state index contributed by atoms with van der Waals surface area (Å²) >= 11 is 0. The fourth-order valence-electron chi connectivity index (χ4n) is 4.03. The van der Waals surface area contributed by atoms with E-state index in [-0.39, 0.29) is 35.8 Å². The number of amides is 1. The van der Waals surface area contributed by atoms with Gasteiger partial charge in [-0.1, -0.05) is 6.42 Å². The van der Waals surface area contributed by atoms with Crippen LogP contribution in [0.1, 0.15) is 38.5 Å². The topological polar surface area (TPSA) is 72.0 Å². The summed E-state index contributed by atoms with van der Waals surface area (Å²) in [5, 5.41) is 10.2. The van der Waals surface area contributed by atoms with E-state index >= 15 is 0 Å². The Balaban J connectivity index is 0.00000261. The summed E-state index contributed by atoms with van der Waals surface area (Å²) in [5.74, 6) is 1.27. The fourth-order valence-corrected chi connectivity index (χ4v) is 4.03. The van der Waals surface area contributed by atoms with Gasteiger partial charge in [-0.3, -0.25) is 14.7 Å². The fraction of sp³-hybridized carbons (Fsp3) is 0.895. The molecular formula is C19H37IN6O. The SMILES string of the molecule is CN=C(NCC1CN(C)CCN1C)NC1CCCC(C(=O)NC2CC2)C1.I. The average molecular weight is 492 g/mol. The van der Waals surface area contributed by atoms with Crippen LogP contribution in [0.15, 0.2) is 4.99 Å². The van der Waals surface area contributed by atoms with Gasteiger partial charge in [-0.15, -0.1) is 24.0 Å². The number of nitrogens with zero attached hydrogens (tertiary/aromatic N) is 3. The highest BCUT2D eigenvalue weighted by Crippen LogP contribution is 2.26. The van der Waals surface area contributed by atoms with Crippen molar-refractivity contribution in [3.8, 4) is 0 Å². The average Bonchev–Trinajstić information content (AvgIpc) is 3.45. The largest absolute Gasteiger partial charge is 0.355 e. The Morgan fingerprint density at radius 2 is 1.85 bits per heavy atom. The van der Waals surface area contributed by atoms with Crippen LogP contribution in [0.2, 0.25) is 0 Å². The minimum atomic E-state index is 0. The molecule has 8 heteroatoms. The van der Waals surface area contributed by atoms with Crippen molar-refractivity contribution >= 4 is 35.8 Å². The van der Waals surface area contributed by atoms with Crippen LogP contribution < -0.4 is 16.0 Å². The highest BCUT2D eigenvalue weighted by molar-refractivity contribution is 14.0. The molecule has 3 N–H and O–H groups in total. The quantitative estimate of drug-likeness (QED) is 0.302. The molecule has 1 aliphatic heterocycles. The summed E-state index contributed by atoms with van der Waals surface area (Å²) < 4.78 is 0. The van der Waals surface area contributed by atoms with Crippen LogP contribution in [0.25, 0.3) is 0 Å². The maximum atomic E-state index is 12.4. The second kappa shape index (κ2) is 10.8. The van der Waals surface area contributed by atoms with E-state index in [4.69, 9.17) is 0 Å². The van der Waals surface area contributed by atoms with E-state index in [1.54, 1.807) is 0 Å². The third-order valence-electron chi connectivity index (χ3n) is 6.02. The lowest BCUT2D eigenvalue weighted by Crippen LogP contribution is -2.56. The summed E-state index contributed by atoms with van der Waals surface area (Å²) in [6.07, 6.45) is 6.45. The standard InChI is InChI=1S/C19H36N6O.HI/c1-20-19(21-12-17-13-24(2)9-10-25(17)3)23-16-6-4-5-14(11-16)18(26)22-15-7-8-15;/h14-17H,4-13H2,1-3H3,(H,22,26)(H2,20,21,23);1H. The van der Waals surface area contributed by atoms with Crippen molar-refractivity contribution in [2.24, 2.45) is 10.9 Å². The van der Waals surface area contributed by atoms with Crippen LogP contribution in [-0.2, 0) is 4.79 Å². The molecule has 0 spiro atoms. The van der Waals surface area contributed by atoms with Gasteiger partial charge in [-0.2, -0.15) is 0 Å². The van der Waals surface area contributed by atoms with Gasteiger partial charge in [0, 0.05) is 57.3 Å². The predicted octanol–water partition coefficient (Wildman–Crippen LogP) is 0.853. The summed E-state index contributed by atoms with van der Waals surface area (Å²) in [5.41, 5.74) is 0. The van der Waals surface area contributed by atoms with E-state index in [2.05, 4.69) is 44.8 Å². The van der Waals surface area contributed by atoms with Gasteiger partial charge in [-0.05, 0) is 46.2 Å². The van der Waals surface area contributed by atoms with Crippen molar-refractivity contribution in [3.63, 3.8) is 0 Å². The number of hydrogen-bond acceptors (Lipinski definition) is 4. The summed E-state index contributed by atoms with van der Waals surface area (Å²) in [6.45, 7) is 4.20. The molecule has 3 rings (SSSR count). The van der Waals surface area contributed by atoms with Crippen molar-refractivity contribution in [3.05, 3.63) is 0 Å². The first kappa shape index (κ1) is 22.7. The van der Waals surface area contributed by atoms with Gasteiger partial charge >= 0.3 is 0 Å². The highest BCUT2D eigenvalue weighted by atomic mass is 127.